The standard InChI is InChI=1S/C19H19F3O2/c20-9-1-2-13-11-23-19(24-12-13)15-5-3-14(4-6-15)16-7-8-17(21)18(22)10-16/h3-8,10,13,19H,1-2,9,11-12H2/t13-,19-. The van der Waals surface area contributed by atoms with Crippen molar-refractivity contribution < 1.29 is 22.6 Å². The Bertz CT molecular complexity index is 665. The summed E-state index contributed by atoms with van der Waals surface area (Å²) in [6.45, 7) is 0.788. The highest BCUT2D eigenvalue weighted by atomic mass is 19.2. The maximum atomic E-state index is 13.3. The lowest BCUT2D eigenvalue weighted by molar-refractivity contribution is -0.206. The fraction of sp³-hybridized carbons (Fsp3) is 0.368. The minimum absolute atomic E-state index is 0.235. The maximum Gasteiger partial charge on any atom is 0.183 e. The van der Waals surface area contributed by atoms with E-state index in [0.29, 0.717) is 25.2 Å². The number of hydrogen-bond donors (Lipinski definition) is 0. The van der Waals surface area contributed by atoms with E-state index in [1.165, 1.54) is 12.1 Å². The molecule has 2 nitrogen and oxygen atoms in total. The van der Waals surface area contributed by atoms with Gasteiger partial charge in [0.2, 0.25) is 0 Å². The monoisotopic (exact) mass is 336 g/mol. The quantitative estimate of drug-likeness (QED) is 0.761. The van der Waals surface area contributed by atoms with E-state index in [2.05, 4.69) is 0 Å². The van der Waals surface area contributed by atoms with Gasteiger partial charge in [-0.05, 0) is 36.1 Å². The molecular weight excluding hydrogens is 317 g/mol. The normalized spacial score (nSPS) is 21.0. The van der Waals surface area contributed by atoms with Crippen molar-refractivity contribution in [2.24, 2.45) is 5.92 Å². The van der Waals surface area contributed by atoms with Crippen molar-refractivity contribution >= 4 is 0 Å². The van der Waals surface area contributed by atoms with Gasteiger partial charge in [-0.1, -0.05) is 30.3 Å². The van der Waals surface area contributed by atoms with E-state index in [4.69, 9.17) is 9.47 Å². The second kappa shape index (κ2) is 7.81. The largest absolute Gasteiger partial charge is 0.348 e. The van der Waals surface area contributed by atoms with Gasteiger partial charge in [0.25, 0.3) is 0 Å². The van der Waals surface area contributed by atoms with Crippen LogP contribution in [0.4, 0.5) is 13.2 Å². The summed E-state index contributed by atoms with van der Waals surface area (Å²) in [4.78, 5) is 0. The molecule has 0 spiro atoms. The van der Waals surface area contributed by atoms with Crippen LogP contribution in [0.25, 0.3) is 11.1 Å². The molecule has 0 N–H and O–H groups in total. The first-order chi connectivity index (χ1) is 11.7. The van der Waals surface area contributed by atoms with Crippen LogP contribution in [0.15, 0.2) is 42.5 Å². The molecule has 0 saturated carbocycles. The fourth-order valence-electron chi connectivity index (χ4n) is 2.78. The van der Waals surface area contributed by atoms with E-state index in [1.807, 2.05) is 24.3 Å². The Hall–Kier alpha value is -1.85. The zero-order valence-electron chi connectivity index (χ0n) is 13.2. The molecule has 0 aliphatic carbocycles. The van der Waals surface area contributed by atoms with E-state index in [9.17, 15) is 13.2 Å². The lowest BCUT2D eigenvalue weighted by atomic mass is 10.0. The van der Waals surface area contributed by atoms with Crippen LogP contribution in [0.5, 0.6) is 0 Å². The SMILES string of the molecule is FCCC[C@H]1CO[C@H](c2ccc(-c3ccc(F)c(F)c3)cc2)OC1. The third-order valence-electron chi connectivity index (χ3n) is 4.15. The Labute approximate surface area is 139 Å². The zero-order valence-corrected chi connectivity index (χ0v) is 13.2. The summed E-state index contributed by atoms with van der Waals surface area (Å²) < 4.78 is 49.9. The molecule has 1 saturated heterocycles. The van der Waals surface area contributed by atoms with Crippen molar-refractivity contribution in [3.63, 3.8) is 0 Å². The predicted octanol–water partition coefficient (Wildman–Crippen LogP) is 5.04. The third kappa shape index (κ3) is 3.97. The Morgan fingerprint density at radius 2 is 1.54 bits per heavy atom. The van der Waals surface area contributed by atoms with Crippen molar-refractivity contribution in [2.75, 3.05) is 19.9 Å². The molecule has 0 unspecified atom stereocenters. The molecule has 1 aliphatic rings. The van der Waals surface area contributed by atoms with Gasteiger partial charge in [0, 0.05) is 11.5 Å². The number of rotatable bonds is 5. The molecule has 1 fully saturated rings. The summed E-state index contributed by atoms with van der Waals surface area (Å²) in [7, 11) is 0. The first kappa shape index (κ1) is 17.0. The van der Waals surface area contributed by atoms with Crippen LogP contribution in [0.3, 0.4) is 0 Å². The van der Waals surface area contributed by atoms with Gasteiger partial charge in [-0.3, -0.25) is 4.39 Å². The van der Waals surface area contributed by atoms with Crippen molar-refractivity contribution in [1.82, 2.24) is 0 Å². The second-order valence-electron chi connectivity index (χ2n) is 5.95. The Morgan fingerprint density at radius 3 is 2.17 bits per heavy atom. The second-order valence-corrected chi connectivity index (χ2v) is 5.95. The van der Waals surface area contributed by atoms with E-state index >= 15 is 0 Å². The molecule has 0 bridgehead atoms. The highest BCUT2D eigenvalue weighted by molar-refractivity contribution is 5.63. The first-order valence-electron chi connectivity index (χ1n) is 8.02. The zero-order chi connectivity index (χ0) is 16.9. The molecule has 2 aromatic carbocycles. The van der Waals surface area contributed by atoms with Crippen molar-refractivity contribution in [2.45, 2.75) is 19.1 Å². The van der Waals surface area contributed by atoms with Gasteiger partial charge < -0.3 is 9.47 Å². The number of benzene rings is 2. The smallest absolute Gasteiger partial charge is 0.183 e. The lowest BCUT2D eigenvalue weighted by Crippen LogP contribution is -2.27. The Balaban J connectivity index is 1.64. The molecular formula is C19H19F3O2. The summed E-state index contributed by atoms with van der Waals surface area (Å²) in [6.07, 6.45) is 0.856. The minimum Gasteiger partial charge on any atom is -0.348 e. The van der Waals surface area contributed by atoms with Gasteiger partial charge in [0.1, 0.15) is 0 Å². The van der Waals surface area contributed by atoms with Crippen LogP contribution in [0.1, 0.15) is 24.7 Å². The highest BCUT2D eigenvalue weighted by Gasteiger charge is 2.23. The molecule has 0 aromatic heterocycles. The van der Waals surface area contributed by atoms with Crippen molar-refractivity contribution in [1.29, 1.82) is 0 Å². The van der Waals surface area contributed by atoms with Gasteiger partial charge in [-0.2, -0.15) is 0 Å². The van der Waals surface area contributed by atoms with Crippen molar-refractivity contribution in [3.05, 3.63) is 59.7 Å². The van der Waals surface area contributed by atoms with Crippen LogP contribution in [-0.2, 0) is 9.47 Å². The van der Waals surface area contributed by atoms with Gasteiger partial charge in [0.05, 0.1) is 19.9 Å². The average Bonchev–Trinajstić information content (AvgIpc) is 2.63. The first-order valence-corrected chi connectivity index (χ1v) is 8.02. The molecule has 2 aromatic rings. The summed E-state index contributed by atoms with van der Waals surface area (Å²) in [5.74, 6) is -1.49. The van der Waals surface area contributed by atoms with E-state index < -0.39 is 17.9 Å². The molecule has 1 aliphatic heterocycles. The van der Waals surface area contributed by atoms with E-state index in [-0.39, 0.29) is 12.6 Å². The molecule has 24 heavy (non-hydrogen) atoms. The van der Waals surface area contributed by atoms with Gasteiger partial charge in [-0.15, -0.1) is 0 Å². The third-order valence-corrected chi connectivity index (χ3v) is 4.15. The van der Waals surface area contributed by atoms with Crippen LogP contribution in [0.2, 0.25) is 0 Å². The number of halogens is 3. The number of ether oxygens (including phenoxy) is 2. The Kier molecular flexibility index (Phi) is 5.53. The minimum atomic E-state index is -0.866. The summed E-state index contributed by atoms with van der Waals surface area (Å²) in [5, 5.41) is 0. The van der Waals surface area contributed by atoms with Gasteiger partial charge >= 0.3 is 0 Å². The summed E-state index contributed by atoms with van der Waals surface area (Å²) in [6, 6.07) is 11.2. The van der Waals surface area contributed by atoms with Crippen LogP contribution < -0.4 is 0 Å². The molecule has 3 rings (SSSR count). The van der Waals surface area contributed by atoms with E-state index in [0.717, 1.165) is 23.6 Å². The molecule has 5 heteroatoms. The average molecular weight is 336 g/mol. The maximum absolute atomic E-state index is 13.3. The van der Waals surface area contributed by atoms with Crippen molar-refractivity contribution in [3.8, 4) is 11.1 Å². The van der Waals surface area contributed by atoms with Gasteiger partial charge in [-0.25, -0.2) is 8.78 Å². The summed E-state index contributed by atoms with van der Waals surface area (Å²) in [5.41, 5.74) is 2.26. The molecule has 128 valence electrons. The lowest BCUT2D eigenvalue weighted by Gasteiger charge is -2.29. The molecule has 1 heterocycles. The topological polar surface area (TPSA) is 18.5 Å². The Morgan fingerprint density at radius 1 is 0.875 bits per heavy atom. The molecule has 0 radical (unpaired) electrons. The fourth-order valence-corrected chi connectivity index (χ4v) is 2.78. The molecule has 0 atom stereocenters. The highest BCUT2D eigenvalue weighted by Crippen LogP contribution is 2.29. The molecule has 0 amide bonds. The number of alkyl halides is 1. The number of hydrogen-bond acceptors (Lipinski definition) is 2. The van der Waals surface area contributed by atoms with Crippen LogP contribution >= 0.6 is 0 Å². The predicted molar refractivity (Wildman–Crippen MR) is 85.1 cm³/mol. The van der Waals surface area contributed by atoms with E-state index in [1.54, 1.807) is 0 Å². The van der Waals surface area contributed by atoms with Gasteiger partial charge in [0.15, 0.2) is 17.9 Å². The van der Waals surface area contributed by atoms with Crippen LogP contribution in [-0.4, -0.2) is 19.9 Å². The summed E-state index contributed by atoms with van der Waals surface area (Å²) >= 11 is 0. The van der Waals surface area contributed by atoms with Crippen LogP contribution in [0, 0.1) is 17.6 Å².